The van der Waals surface area contributed by atoms with Crippen molar-refractivity contribution >= 4 is 16.9 Å². The Labute approximate surface area is 99.9 Å². The number of benzene rings is 1. The third-order valence-corrected chi connectivity index (χ3v) is 2.43. The first-order valence-corrected chi connectivity index (χ1v) is 5.04. The van der Waals surface area contributed by atoms with Crippen LogP contribution in [0.2, 0.25) is 0 Å². The number of fused-ring (bicyclic) bond motifs is 1. The van der Waals surface area contributed by atoms with Gasteiger partial charge in [0.2, 0.25) is 0 Å². The Kier molecular flexibility index (Phi) is 2.94. The van der Waals surface area contributed by atoms with Gasteiger partial charge < -0.3 is 5.11 Å². The van der Waals surface area contributed by atoms with Crippen molar-refractivity contribution in [3.05, 3.63) is 41.6 Å². The van der Waals surface area contributed by atoms with Gasteiger partial charge in [0.15, 0.2) is 0 Å². The molecule has 0 aliphatic carbocycles. The minimum absolute atomic E-state index is 0.107. The number of carboxylic acid groups (broad SMARTS) is 1. The lowest BCUT2D eigenvalue weighted by molar-refractivity contribution is -0.138. The summed E-state index contributed by atoms with van der Waals surface area (Å²) in [5.74, 6) is -1.17. The van der Waals surface area contributed by atoms with E-state index in [9.17, 15) is 18.0 Å². The van der Waals surface area contributed by atoms with Crippen molar-refractivity contribution in [1.82, 2.24) is 4.98 Å². The minimum atomic E-state index is -4.55. The molecule has 0 amide bonds. The molecule has 0 fully saturated rings. The quantitative estimate of drug-likeness (QED) is 0.897. The molecule has 0 bridgehead atoms. The normalized spacial score (nSPS) is 11.7. The van der Waals surface area contributed by atoms with Gasteiger partial charge >= 0.3 is 12.1 Å². The zero-order valence-electron chi connectivity index (χ0n) is 9.03. The van der Waals surface area contributed by atoms with E-state index in [1.165, 1.54) is 24.4 Å². The van der Waals surface area contributed by atoms with Crippen LogP contribution in [0.25, 0.3) is 10.9 Å². The average Bonchev–Trinajstić information content (AvgIpc) is 2.25. The SMILES string of the molecule is O=C(O)Cc1cc(C(F)(F)F)c2ncccc2c1. The minimum Gasteiger partial charge on any atom is -0.481 e. The number of aromatic nitrogens is 1. The summed E-state index contributed by atoms with van der Waals surface area (Å²) in [6, 6.07) is 5.23. The number of hydrogen-bond acceptors (Lipinski definition) is 2. The number of halogens is 3. The van der Waals surface area contributed by atoms with Crippen molar-refractivity contribution < 1.29 is 23.1 Å². The molecule has 0 aliphatic rings. The van der Waals surface area contributed by atoms with Crippen LogP contribution < -0.4 is 0 Å². The maximum absolute atomic E-state index is 12.8. The van der Waals surface area contributed by atoms with E-state index < -0.39 is 24.1 Å². The Morgan fingerprint density at radius 2 is 2.06 bits per heavy atom. The molecule has 0 unspecified atom stereocenters. The van der Waals surface area contributed by atoms with E-state index in [4.69, 9.17) is 5.11 Å². The molecular weight excluding hydrogens is 247 g/mol. The Morgan fingerprint density at radius 3 is 2.67 bits per heavy atom. The highest BCUT2D eigenvalue weighted by Crippen LogP contribution is 2.34. The van der Waals surface area contributed by atoms with Crippen molar-refractivity contribution in [2.75, 3.05) is 0 Å². The topological polar surface area (TPSA) is 50.2 Å². The molecule has 1 aromatic heterocycles. The standard InChI is InChI=1S/C12H8F3NO2/c13-12(14,15)9-5-7(6-10(17)18)4-8-2-1-3-16-11(8)9/h1-5H,6H2,(H,17,18). The van der Waals surface area contributed by atoms with Crippen LogP contribution in [0, 0.1) is 0 Å². The van der Waals surface area contributed by atoms with Crippen molar-refractivity contribution in [2.24, 2.45) is 0 Å². The number of alkyl halides is 3. The molecule has 0 saturated heterocycles. The van der Waals surface area contributed by atoms with Crippen molar-refractivity contribution in [3.8, 4) is 0 Å². The third-order valence-electron chi connectivity index (χ3n) is 2.43. The van der Waals surface area contributed by atoms with E-state index in [0.29, 0.717) is 0 Å². The Bertz CT molecular complexity index is 608. The van der Waals surface area contributed by atoms with E-state index in [-0.39, 0.29) is 16.5 Å². The first-order valence-electron chi connectivity index (χ1n) is 5.04. The van der Waals surface area contributed by atoms with Crippen LogP contribution in [-0.4, -0.2) is 16.1 Å². The number of aliphatic carboxylic acids is 1. The molecule has 0 saturated carbocycles. The van der Waals surface area contributed by atoms with E-state index >= 15 is 0 Å². The number of hydrogen-bond donors (Lipinski definition) is 1. The van der Waals surface area contributed by atoms with Crippen LogP contribution in [0.3, 0.4) is 0 Å². The molecule has 6 heteroatoms. The van der Waals surface area contributed by atoms with Gasteiger partial charge in [-0.1, -0.05) is 6.07 Å². The smallest absolute Gasteiger partial charge is 0.418 e. The molecule has 1 heterocycles. The zero-order valence-corrected chi connectivity index (χ0v) is 9.03. The number of carboxylic acids is 1. The second-order valence-electron chi connectivity index (χ2n) is 3.79. The Balaban J connectivity index is 2.68. The maximum atomic E-state index is 12.8. The van der Waals surface area contributed by atoms with Crippen LogP contribution in [-0.2, 0) is 17.4 Å². The summed E-state index contributed by atoms with van der Waals surface area (Å²) in [4.78, 5) is 14.3. The Hall–Kier alpha value is -2.11. The Morgan fingerprint density at radius 1 is 1.33 bits per heavy atom. The van der Waals surface area contributed by atoms with E-state index in [1.807, 2.05) is 0 Å². The van der Waals surface area contributed by atoms with Gasteiger partial charge in [0.1, 0.15) is 0 Å². The number of rotatable bonds is 2. The fourth-order valence-electron chi connectivity index (χ4n) is 1.75. The molecule has 2 aromatic rings. The van der Waals surface area contributed by atoms with Crippen LogP contribution >= 0.6 is 0 Å². The molecule has 2 rings (SSSR count). The molecule has 0 spiro atoms. The molecule has 1 N–H and O–H groups in total. The van der Waals surface area contributed by atoms with Gasteiger partial charge in [-0.15, -0.1) is 0 Å². The van der Waals surface area contributed by atoms with E-state index in [2.05, 4.69) is 4.98 Å². The average molecular weight is 255 g/mol. The van der Waals surface area contributed by atoms with Crippen molar-refractivity contribution in [1.29, 1.82) is 0 Å². The van der Waals surface area contributed by atoms with Gasteiger partial charge in [-0.25, -0.2) is 0 Å². The van der Waals surface area contributed by atoms with Crippen molar-refractivity contribution in [2.45, 2.75) is 12.6 Å². The number of carbonyl (C=O) groups is 1. The summed E-state index contributed by atoms with van der Waals surface area (Å²) in [5.41, 5.74) is -0.966. The molecule has 1 aromatic carbocycles. The molecule has 0 aliphatic heterocycles. The number of pyridine rings is 1. The zero-order chi connectivity index (χ0) is 13.3. The van der Waals surface area contributed by atoms with Crippen LogP contribution in [0.4, 0.5) is 13.2 Å². The third kappa shape index (κ3) is 2.42. The molecule has 18 heavy (non-hydrogen) atoms. The summed E-state index contributed by atoms with van der Waals surface area (Å²) in [5, 5.41) is 8.92. The predicted molar refractivity (Wildman–Crippen MR) is 58.1 cm³/mol. The summed E-state index contributed by atoms with van der Waals surface area (Å²) >= 11 is 0. The van der Waals surface area contributed by atoms with Crippen molar-refractivity contribution in [3.63, 3.8) is 0 Å². The fourth-order valence-corrected chi connectivity index (χ4v) is 1.75. The van der Waals surface area contributed by atoms with E-state index in [1.54, 1.807) is 0 Å². The lowest BCUT2D eigenvalue weighted by Crippen LogP contribution is -2.09. The highest BCUT2D eigenvalue weighted by Gasteiger charge is 2.33. The fraction of sp³-hybridized carbons (Fsp3) is 0.167. The largest absolute Gasteiger partial charge is 0.481 e. The molecule has 94 valence electrons. The second-order valence-corrected chi connectivity index (χ2v) is 3.79. The predicted octanol–water partition coefficient (Wildman–Crippen LogP) is 2.88. The lowest BCUT2D eigenvalue weighted by Gasteiger charge is -2.11. The van der Waals surface area contributed by atoms with Crippen LogP contribution in [0.5, 0.6) is 0 Å². The maximum Gasteiger partial charge on any atom is 0.418 e. The first kappa shape index (κ1) is 12.3. The van der Waals surface area contributed by atoms with Gasteiger partial charge in [0.05, 0.1) is 17.5 Å². The van der Waals surface area contributed by atoms with E-state index in [0.717, 1.165) is 6.07 Å². The van der Waals surface area contributed by atoms with Crippen LogP contribution in [0.1, 0.15) is 11.1 Å². The van der Waals surface area contributed by atoms with Gasteiger partial charge in [-0.3, -0.25) is 9.78 Å². The van der Waals surface area contributed by atoms with Gasteiger partial charge in [0, 0.05) is 11.6 Å². The monoisotopic (exact) mass is 255 g/mol. The lowest BCUT2D eigenvalue weighted by atomic mass is 10.0. The highest BCUT2D eigenvalue weighted by molar-refractivity contribution is 5.84. The summed E-state index contributed by atoms with van der Waals surface area (Å²) in [6.07, 6.45) is -3.73. The van der Waals surface area contributed by atoms with Gasteiger partial charge in [-0.2, -0.15) is 13.2 Å². The molecule has 3 nitrogen and oxygen atoms in total. The summed E-state index contributed by atoms with van der Waals surface area (Å²) in [6.45, 7) is 0. The second kappa shape index (κ2) is 4.29. The molecular formula is C12H8F3NO2. The van der Waals surface area contributed by atoms with Crippen LogP contribution in [0.15, 0.2) is 30.5 Å². The molecule has 0 radical (unpaired) electrons. The summed E-state index contributed by atoms with van der Waals surface area (Å²) in [7, 11) is 0. The summed E-state index contributed by atoms with van der Waals surface area (Å²) < 4.78 is 38.5. The molecule has 0 atom stereocenters. The van der Waals surface area contributed by atoms with Gasteiger partial charge in [0.25, 0.3) is 0 Å². The first-order chi connectivity index (χ1) is 8.38. The van der Waals surface area contributed by atoms with Gasteiger partial charge in [-0.05, 0) is 23.8 Å². The number of nitrogens with zero attached hydrogens (tertiary/aromatic N) is 1. The highest BCUT2D eigenvalue weighted by atomic mass is 19.4.